The molecule has 0 saturated heterocycles. The molecule has 6 nitrogen and oxygen atoms in total. The van der Waals surface area contributed by atoms with Crippen LogP contribution in [0.15, 0.2) is 54.6 Å². The van der Waals surface area contributed by atoms with Crippen molar-refractivity contribution in [2.45, 2.75) is 65.8 Å². The van der Waals surface area contributed by atoms with Gasteiger partial charge in [0.25, 0.3) is 0 Å². The summed E-state index contributed by atoms with van der Waals surface area (Å²) in [6.07, 6.45) is 6.21. The summed E-state index contributed by atoms with van der Waals surface area (Å²) in [5, 5.41) is 0. The van der Waals surface area contributed by atoms with E-state index < -0.39 is 0 Å². The first-order chi connectivity index (χ1) is 19.1. The summed E-state index contributed by atoms with van der Waals surface area (Å²) >= 11 is 0. The van der Waals surface area contributed by atoms with E-state index in [2.05, 4.69) is 31.4 Å². The summed E-state index contributed by atoms with van der Waals surface area (Å²) in [6, 6.07) is 16.0. The number of benzene rings is 3. The molecule has 0 radical (unpaired) electrons. The van der Waals surface area contributed by atoms with Crippen LogP contribution >= 0.6 is 0 Å². The van der Waals surface area contributed by atoms with Crippen LogP contribution in [0.25, 0.3) is 22.4 Å². The average Bonchev–Trinajstić information content (AvgIpc) is 3.32. The van der Waals surface area contributed by atoms with Crippen LogP contribution in [-0.2, 0) is 6.54 Å². The number of methoxy groups -OCH3 is 1. The molecule has 39 heavy (non-hydrogen) atoms. The van der Waals surface area contributed by atoms with Gasteiger partial charge in [-0.05, 0) is 55.7 Å². The van der Waals surface area contributed by atoms with Gasteiger partial charge in [-0.1, -0.05) is 40.0 Å². The lowest BCUT2D eigenvalue weighted by atomic mass is 10.2. The second-order valence-corrected chi connectivity index (χ2v) is 9.56. The highest BCUT2D eigenvalue weighted by molar-refractivity contribution is 5.87. The maximum absolute atomic E-state index is 13.6. The Labute approximate surface area is 230 Å². The number of imidazole rings is 1. The lowest BCUT2D eigenvalue weighted by Crippen LogP contribution is -2.02. The molecule has 1 aromatic heterocycles. The van der Waals surface area contributed by atoms with E-state index in [0.717, 1.165) is 79.0 Å². The van der Waals surface area contributed by atoms with E-state index in [0.29, 0.717) is 30.5 Å². The van der Waals surface area contributed by atoms with Gasteiger partial charge >= 0.3 is 0 Å². The van der Waals surface area contributed by atoms with Crippen molar-refractivity contribution in [3.8, 4) is 40.1 Å². The van der Waals surface area contributed by atoms with Crippen LogP contribution in [0.2, 0.25) is 0 Å². The molecule has 0 spiro atoms. The van der Waals surface area contributed by atoms with Crippen molar-refractivity contribution in [3.05, 3.63) is 60.4 Å². The van der Waals surface area contributed by atoms with Crippen molar-refractivity contribution in [2.24, 2.45) is 0 Å². The number of aryl methyl sites for hydroxylation is 1. The third-order valence-corrected chi connectivity index (χ3v) is 6.52. The maximum atomic E-state index is 13.6. The zero-order valence-electron chi connectivity index (χ0n) is 23.5. The number of unbranched alkanes of at least 4 members (excludes halogenated alkanes) is 3. The molecule has 0 unspecified atom stereocenters. The van der Waals surface area contributed by atoms with E-state index in [9.17, 15) is 4.39 Å². The summed E-state index contributed by atoms with van der Waals surface area (Å²) in [6.45, 7) is 8.64. The van der Waals surface area contributed by atoms with Gasteiger partial charge in [0, 0.05) is 30.3 Å². The number of aromatic nitrogens is 2. The molecule has 208 valence electrons. The second-order valence-electron chi connectivity index (χ2n) is 9.56. The Bertz CT molecular complexity index is 1350. The monoisotopic (exact) mass is 534 g/mol. The molecule has 0 aliphatic heterocycles. The summed E-state index contributed by atoms with van der Waals surface area (Å²) in [4.78, 5) is 5.08. The first kappa shape index (κ1) is 28.3. The Morgan fingerprint density at radius 3 is 2.15 bits per heavy atom. The van der Waals surface area contributed by atoms with E-state index in [4.69, 9.17) is 23.9 Å². The van der Waals surface area contributed by atoms with Gasteiger partial charge in [-0.3, -0.25) is 0 Å². The first-order valence-corrected chi connectivity index (χ1v) is 14.0. The Balaban J connectivity index is 1.71. The van der Waals surface area contributed by atoms with Crippen molar-refractivity contribution in [2.75, 3.05) is 20.3 Å². The molecule has 0 N–H and O–H groups in total. The van der Waals surface area contributed by atoms with Crippen molar-refractivity contribution < 1.29 is 23.3 Å². The summed E-state index contributed by atoms with van der Waals surface area (Å²) in [5.41, 5.74) is 2.82. The molecule has 0 atom stereocenters. The number of rotatable bonds is 15. The lowest BCUT2D eigenvalue weighted by molar-refractivity contribution is 0.296. The molecular formula is C32H39FN2O4. The normalized spacial score (nSPS) is 11.1. The van der Waals surface area contributed by atoms with Crippen LogP contribution in [0.4, 0.5) is 4.39 Å². The molecule has 0 aliphatic rings. The predicted molar refractivity (Wildman–Crippen MR) is 154 cm³/mol. The summed E-state index contributed by atoms with van der Waals surface area (Å²) in [5.74, 6) is 3.47. The zero-order valence-corrected chi connectivity index (χ0v) is 23.5. The maximum Gasteiger partial charge on any atom is 0.169 e. The van der Waals surface area contributed by atoms with Gasteiger partial charge in [-0.15, -0.1) is 0 Å². The molecule has 4 aromatic rings. The number of fused-ring (bicyclic) bond motifs is 1. The van der Waals surface area contributed by atoms with Gasteiger partial charge in [0.2, 0.25) is 0 Å². The third-order valence-electron chi connectivity index (χ3n) is 6.52. The van der Waals surface area contributed by atoms with Crippen LogP contribution in [0, 0.1) is 5.82 Å². The molecule has 0 bridgehead atoms. The Morgan fingerprint density at radius 1 is 0.744 bits per heavy atom. The quantitative estimate of drug-likeness (QED) is 0.143. The minimum atomic E-state index is -0.377. The SMILES string of the molecule is CCCCOc1cc(OCCCC)c2nc(-c3ccc(Oc4ccc(F)cc4OC)cc3)n(CCCC)c2c1. The lowest BCUT2D eigenvalue weighted by Gasteiger charge is -2.13. The van der Waals surface area contributed by atoms with Gasteiger partial charge in [0.15, 0.2) is 17.2 Å². The Morgan fingerprint density at radius 2 is 1.46 bits per heavy atom. The molecule has 3 aromatic carbocycles. The van der Waals surface area contributed by atoms with E-state index in [1.54, 1.807) is 6.07 Å². The molecule has 0 amide bonds. The van der Waals surface area contributed by atoms with Gasteiger partial charge in [0.1, 0.15) is 28.7 Å². The summed E-state index contributed by atoms with van der Waals surface area (Å²) in [7, 11) is 1.49. The molecule has 0 aliphatic carbocycles. The van der Waals surface area contributed by atoms with Crippen molar-refractivity contribution in [1.29, 1.82) is 0 Å². The fourth-order valence-corrected chi connectivity index (χ4v) is 4.31. The van der Waals surface area contributed by atoms with Crippen molar-refractivity contribution >= 4 is 11.0 Å². The van der Waals surface area contributed by atoms with Crippen LogP contribution in [0.5, 0.6) is 28.7 Å². The topological polar surface area (TPSA) is 54.7 Å². The third kappa shape index (κ3) is 7.02. The Kier molecular flexibility index (Phi) is 10.1. The molecule has 4 rings (SSSR count). The van der Waals surface area contributed by atoms with Crippen molar-refractivity contribution in [3.63, 3.8) is 0 Å². The highest BCUT2D eigenvalue weighted by atomic mass is 19.1. The van der Waals surface area contributed by atoms with E-state index in [1.807, 2.05) is 30.3 Å². The van der Waals surface area contributed by atoms with E-state index in [-0.39, 0.29) is 5.82 Å². The molecule has 1 heterocycles. The van der Waals surface area contributed by atoms with Crippen molar-refractivity contribution in [1.82, 2.24) is 9.55 Å². The van der Waals surface area contributed by atoms with Crippen LogP contribution in [-0.4, -0.2) is 29.9 Å². The van der Waals surface area contributed by atoms with Gasteiger partial charge in [-0.2, -0.15) is 0 Å². The average molecular weight is 535 g/mol. The van der Waals surface area contributed by atoms with Crippen LogP contribution in [0.3, 0.4) is 0 Å². The van der Waals surface area contributed by atoms with Crippen LogP contribution < -0.4 is 18.9 Å². The highest BCUT2D eigenvalue weighted by Crippen LogP contribution is 2.37. The molecule has 0 saturated carbocycles. The number of hydrogen-bond donors (Lipinski definition) is 0. The molecular weight excluding hydrogens is 495 g/mol. The molecule has 0 fully saturated rings. The molecule has 7 heteroatoms. The van der Waals surface area contributed by atoms with E-state index >= 15 is 0 Å². The number of ether oxygens (including phenoxy) is 4. The zero-order chi connectivity index (χ0) is 27.6. The number of nitrogens with zero attached hydrogens (tertiary/aromatic N) is 2. The summed E-state index contributed by atoms with van der Waals surface area (Å²) < 4.78 is 39.4. The van der Waals surface area contributed by atoms with E-state index in [1.165, 1.54) is 19.2 Å². The second kappa shape index (κ2) is 13.9. The fourth-order valence-electron chi connectivity index (χ4n) is 4.31. The minimum absolute atomic E-state index is 0.341. The first-order valence-electron chi connectivity index (χ1n) is 14.0. The minimum Gasteiger partial charge on any atom is -0.493 e. The fraction of sp³-hybridized carbons (Fsp3) is 0.406. The predicted octanol–water partition coefficient (Wildman–Crippen LogP) is 8.80. The smallest absolute Gasteiger partial charge is 0.169 e. The van der Waals surface area contributed by atoms with Gasteiger partial charge in [0.05, 0.1) is 25.8 Å². The number of halogens is 1. The number of hydrogen-bond acceptors (Lipinski definition) is 5. The largest absolute Gasteiger partial charge is 0.493 e. The highest BCUT2D eigenvalue weighted by Gasteiger charge is 2.18. The van der Waals surface area contributed by atoms with Crippen LogP contribution in [0.1, 0.15) is 59.3 Å². The van der Waals surface area contributed by atoms with Gasteiger partial charge < -0.3 is 23.5 Å². The Hall–Kier alpha value is -3.74. The van der Waals surface area contributed by atoms with Gasteiger partial charge in [-0.25, -0.2) is 9.37 Å². The standard InChI is InChI=1S/C32H39FN2O4/c1-5-8-17-35-27-21-26(37-18-9-6-2)22-30(38-19-10-7-3)31(27)34-32(35)23-11-14-25(15-12-23)39-28-16-13-24(33)20-29(28)36-4/h11-16,20-22H,5-10,17-19H2,1-4H3.